The van der Waals surface area contributed by atoms with Crippen LogP contribution in [0.5, 0.6) is 0 Å². The number of nitrogens with one attached hydrogen (secondary N) is 2. The van der Waals surface area contributed by atoms with Gasteiger partial charge in [0.25, 0.3) is 0 Å². The zero-order valence-corrected chi connectivity index (χ0v) is 17.7. The molecule has 0 atom stereocenters. The summed E-state index contributed by atoms with van der Waals surface area (Å²) in [5.41, 5.74) is 5.20. The van der Waals surface area contributed by atoms with Gasteiger partial charge in [-0.05, 0) is 87.5 Å². The zero-order valence-electron chi connectivity index (χ0n) is 16.1. The van der Waals surface area contributed by atoms with E-state index in [1.807, 2.05) is 13.0 Å². The average Bonchev–Trinajstić information content (AvgIpc) is 2.79. The van der Waals surface area contributed by atoms with Crippen molar-refractivity contribution < 1.29 is 9.53 Å². The number of hydrogen-bond donors (Lipinski definition) is 2. The molecule has 27 heavy (non-hydrogen) atoms. The molecule has 0 bridgehead atoms. The monoisotopic (exact) mass is 402 g/mol. The highest BCUT2D eigenvalue weighted by Gasteiger charge is 2.26. The van der Waals surface area contributed by atoms with Crippen molar-refractivity contribution in [2.75, 3.05) is 17.2 Å². The van der Waals surface area contributed by atoms with Crippen LogP contribution in [0, 0.1) is 13.8 Å². The second-order valence-corrected chi connectivity index (χ2v) is 8.38. The molecule has 1 aliphatic carbocycles. The van der Waals surface area contributed by atoms with Crippen LogP contribution in [0.15, 0.2) is 18.2 Å². The first-order valence-electron chi connectivity index (χ1n) is 9.46. The van der Waals surface area contributed by atoms with E-state index in [4.69, 9.17) is 17.0 Å². The molecule has 0 saturated heterocycles. The molecule has 0 aliphatic heterocycles. The highest BCUT2D eigenvalue weighted by atomic mass is 32.1. The number of benzene rings is 1. The van der Waals surface area contributed by atoms with Crippen LogP contribution >= 0.6 is 23.6 Å². The Balaban J connectivity index is 1.83. The molecule has 1 aromatic carbocycles. The third-order valence-corrected chi connectivity index (χ3v) is 6.30. The number of anilines is 2. The van der Waals surface area contributed by atoms with Crippen LogP contribution < -0.4 is 10.6 Å². The maximum absolute atomic E-state index is 12.6. The van der Waals surface area contributed by atoms with Crippen molar-refractivity contribution in [2.24, 2.45) is 0 Å². The molecule has 0 amide bonds. The summed E-state index contributed by atoms with van der Waals surface area (Å²) in [6, 6.07) is 6.14. The minimum absolute atomic E-state index is 0.256. The molecule has 0 spiro atoms. The van der Waals surface area contributed by atoms with Gasteiger partial charge in [-0.25, -0.2) is 4.79 Å². The first-order chi connectivity index (χ1) is 13.0. The molecule has 1 heterocycles. The number of rotatable bonds is 4. The van der Waals surface area contributed by atoms with E-state index in [1.165, 1.54) is 28.8 Å². The van der Waals surface area contributed by atoms with Crippen LogP contribution in [-0.2, 0) is 17.6 Å². The van der Waals surface area contributed by atoms with E-state index in [1.54, 1.807) is 11.3 Å². The fourth-order valence-corrected chi connectivity index (χ4v) is 4.90. The van der Waals surface area contributed by atoms with E-state index >= 15 is 0 Å². The first-order valence-corrected chi connectivity index (χ1v) is 10.7. The van der Waals surface area contributed by atoms with Crippen molar-refractivity contribution in [1.82, 2.24) is 0 Å². The SMILES string of the molecule is CCOC(=O)c1c(NC(=S)Nc2ccc(C)c(C)c2)sc2c1CCCCC2. The maximum atomic E-state index is 12.6. The van der Waals surface area contributed by atoms with Gasteiger partial charge in [-0.1, -0.05) is 12.5 Å². The Morgan fingerprint density at radius 1 is 1.15 bits per heavy atom. The number of carbonyl (C=O) groups excluding carboxylic acids is 1. The van der Waals surface area contributed by atoms with Crippen LogP contribution in [0.2, 0.25) is 0 Å². The molecule has 0 saturated carbocycles. The van der Waals surface area contributed by atoms with Gasteiger partial charge in [0.1, 0.15) is 5.00 Å². The van der Waals surface area contributed by atoms with Gasteiger partial charge < -0.3 is 15.4 Å². The number of ether oxygens (including phenoxy) is 1. The Kier molecular flexibility index (Phi) is 6.50. The van der Waals surface area contributed by atoms with Crippen LogP contribution in [0.25, 0.3) is 0 Å². The fraction of sp³-hybridized carbons (Fsp3) is 0.429. The number of thiophene rings is 1. The molecule has 2 N–H and O–H groups in total. The van der Waals surface area contributed by atoms with E-state index in [2.05, 4.69) is 36.6 Å². The highest BCUT2D eigenvalue weighted by molar-refractivity contribution is 7.80. The minimum atomic E-state index is -0.256. The van der Waals surface area contributed by atoms with Crippen molar-refractivity contribution in [3.8, 4) is 0 Å². The van der Waals surface area contributed by atoms with E-state index in [0.29, 0.717) is 17.3 Å². The third-order valence-electron chi connectivity index (χ3n) is 4.89. The lowest BCUT2D eigenvalue weighted by atomic mass is 10.1. The van der Waals surface area contributed by atoms with Gasteiger partial charge in [-0.2, -0.15) is 0 Å². The summed E-state index contributed by atoms with van der Waals surface area (Å²) >= 11 is 7.14. The molecule has 3 rings (SSSR count). The summed E-state index contributed by atoms with van der Waals surface area (Å²) in [4.78, 5) is 13.9. The number of esters is 1. The molecule has 144 valence electrons. The lowest BCUT2D eigenvalue weighted by molar-refractivity contribution is 0.0527. The lowest BCUT2D eigenvalue weighted by Gasteiger charge is -2.12. The summed E-state index contributed by atoms with van der Waals surface area (Å²) in [5.74, 6) is -0.256. The Morgan fingerprint density at radius 2 is 1.93 bits per heavy atom. The van der Waals surface area contributed by atoms with Gasteiger partial charge in [0.15, 0.2) is 5.11 Å². The van der Waals surface area contributed by atoms with Crippen molar-refractivity contribution in [3.05, 3.63) is 45.3 Å². The molecule has 0 radical (unpaired) electrons. The number of thiocarbonyl (C=S) groups is 1. The highest BCUT2D eigenvalue weighted by Crippen LogP contribution is 2.38. The zero-order chi connectivity index (χ0) is 19.4. The summed E-state index contributed by atoms with van der Waals surface area (Å²) in [5, 5.41) is 7.75. The van der Waals surface area contributed by atoms with E-state index in [-0.39, 0.29) is 5.97 Å². The minimum Gasteiger partial charge on any atom is -0.462 e. The Hall–Kier alpha value is -1.92. The second kappa shape index (κ2) is 8.85. The largest absolute Gasteiger partial charge is 0.462 e. The third kappa shape index (κ3) is 4.68. The molecule has 0 fully saturated rings. The first kappa shape index (κ1) is 19.8. The standard InChI is InChI=1S/C21H26N2O2S2/c1-4-25-20(24)18-16-8-6-5-7-9-17(16)27-19(18)23-21(26)22-15-11-10-13(2)14(3)12-15/h10-12H,4-9H2,1-3H3,(H2,22,23,26). The number of hydrogen-bond acceptors (Lipinski definition) is 4. The predicted molar refractivity (Wildman–Crippen MR) is 117 cm³/mol. The van der Waals surface area contributed by atoms with Gasteiger partial charge in [-0.3, -0.25) is 0 Å². The summed E-state index contributed by atoms with van der Waals surface area (Å²) in [6.45, 7) is 6.36. The van der Waals surface area contributed by atoms with E-state index < -0.39 is 0 Å². The summed E-state index contributed by atoms with van der Waals surface area (Å²) in [6.07, 6.45) is 5.44. The molecule has 4 nitrogen and oxygen atoms in total. The summed E-state index contributed by atoms with van der Waals surface area (Å²) in [7, 11) is 0. The lowest BCUT2D eigenvalue weighted by Crippen LogP contribution is -2.20. The Morgan fingerprint density at radius 3 is 2.67 bits per heavy atom. The maximum Gasteiger partial charge on any atom is 0.341 e. The number of fused-ring (bicyclic) bond motifs is 1. The van der Waals surface area contributed by atoms with Gasteiger partial charge in [0.05, 0.1) is 12.2 Å². The van der Waals surface area contributed by atoms with Crippen LogP contribution in [-0.4, -0.2) is 17.7 Å². The van der Waals surface area contributed by atoms with Crippen LogP contribution in [0.3, 0.4) is 0 Å². The topological polar surface area (TPSA) is 50.4 Å². The fourth-order valence-electron chi connectivity index (χ4n) is 3.33. The number of carbonyl (C=O) groups is 1. The van der Waals surface area contributed by atoms with Crippen LogP contribution in [0.4, 0.5) is 10.7 Å². The predicted octanol–water partition coefficient (Wildman–Crippen LogP) is 5.62. The van der Waals surface area contributed by atoms with Crippen molar-refractivity contribution in [2.45, 2.75) is 52.9 Å². The normalized spacial score (nSPS) is 13.4. The molecule has 1 aliphatic rings. The molecule has 1 aromatic heterocycles. The molecule has 2 aromatic rings. The van der Waals surface area contributed by atoms with Crippen molar-refractivity contribution in [3.63, 3.8) is 0 Å². The number of aryl methyl sites for hydroxylation is 3. The van der Waals surface area contributed by atoms with Gasteiger partial charge in [0.2, 0.25) is 0 Å². The average molecular weight is 403 g/mol. The molecular weight excluding hydrogens is 376 g/mol. The Labute approximate surface area is 170 Å². The van der Waals surface area contributed by atoms with Gasteiger partial charge in [0, 0.05) is 10.6 Å². The second-order valence-electron chi connectivity index (χ2n) is 6.87. The van der Waals surface area contributed by atoms with E-state index in [9.17, 15) is 4.79 Å². The Bertz CT molecular complexity index is 858. The smallest absolute Gasteiger partial charge is 0.341 e. The van der Waals surface area contributed by atoms with E-state index in [0.717, 1.165) is 35.5 Å². The van der Waals surface area contributed by atoms with Crippen LogP contribution in [0.1, 0.15) is 58.1 Å². The quantitative estimate of drug-likeness (QED) is 0.395. The van der Waals surface area contributed by atoms with Gasteiger partial charge >= 0.3 is 5.97 Å². The van der Waals surface area contributed by atoms with Crippen molar-refractivity contribution >= 4 is 45.3 Å². The molecule has 6 heteroatoms. The molecular formula is C21H26N2O2S2. The summed E-state index contributed by atoms with van der Waals surface area (Å²) < 4.78 is 5.33. The molecule has 0 unspecified atom stereocenters. The van der Waals surface area contributed by atoms with Gasteiger partial charge in [-0.15, -0.1) is 11.3 Å². The van der Waals surface area contributed by atoms with Crippen molar-refractivity contribution in [1.29, 1.82) is 0 Å².